The van der Waals surface area contributed by atoms with E-state index < -0.39 is 11.3 Å². The summed E-state index contributed by atoms with van der Waals surface area (Å²) in [6.07, 6.45) is 1.75. The third-order valence-corrected chi connectivity index (χ3v) is 6.32. The van der Waals surface area contributed by atoms with Gasteiger partial charge in [-0.2, -0.15) is 0 Å². The topological polar surface area (TPSA) is 59.5 Å². The summed E-state index contributed by atoms with van der Waals surface area (Å²) in [5.74, 6) is -1.09. The van der Waals surface area contributed by atoms with Crippen LogP contribution in [0.25, 0.3) is 11.3 Å². The molecule has 0 bridgehead atoms. The van der Waals surface area contributed by atoms with Crippen molar-refractivity contribution >= 4 is 17.6 Å². The van der Waals surface area contributed by atoms with E-state index in [1.165, 1.54) is 0 Å². The molecule has 2 atom stereocenters. The van der Waals surface area contributed by atoms with Crippen LogP contribution in [0.5, 0.6) is 0 Å². The number of hydrogen-bond acceptors (Lipinski definition) is 4. The number of benzene rings is 2. The van der Waals surface area contributed by atoms with Crippen molar-refractivity contribution in [2.24, 2.45) is 11.3 Å². The lowest BCUT2D eigenvalue weighted by Gasteiger charge is -2.30. The van der Waals surface area contributed by atoms with Gasteiger partial charge in [0.1, 0.15) is 0 Å². The molecule has 2 heterocycles. The van der Waals surface area contributed by atoms with Gasteiger partial charge in [-0.3, -0.25) is 14.6 Å². The summed E-state index contributed by atoms with van der Waals surface area (Å²) in [4.78, 5) is 32.9. The highest BCUT2D eigenvalue weighted by Crippen LogP contribution is 2.47. The van der Waals surface area contributed by atoms with Gasteiger partial charge in [0, 0.05) is 35.3 Å². The van der Waals surface area contributed by atoms with Crippen LogP contribution in [0.4, 0.5) is 5.69 Å². The van der Waals surface area contributed by atoms with Crippen LogP contribution in [0, 0.1) is 11.3 Å². The van der Waals surface area contributed by atoms with E-state index in [1.807, 2.05) is 86.6 Å². The number of aromatic nitrogens is 1. The van der Waals surface area contributed by atoms with Crippen LogP contribution in [-0.4, -0.2) is 30.0 Å². The van der Waals surface area contributed by atoms with Crippen molar-refractivity contribution in [3.05, 3.63) is 84.6 Å². The van der Waals surface area contributed by atoms with Crippen molar-refractivity contribution in [3.8, 4) is 11.3 Å². The summed E-state index contributed by atoms with van der Waals surface area (Å²) in [7, 11) is 0. The number of amides is 1. The highest BCUT2D eigenvalue weighted by molar-refractivity contribution is 6.00. The zero-order valence-corrected chi connectivity index (χ0v) is 18.7. The van der Waals surface area contributed by atoms with Crippen LogP contribution < -0.4 is 4.90 Å². The molecule has 0 saturated carbocycles. The molecule has 1 aliphatic rings. The molecule has 0 spiro atoms. The second-order valence-corrected chi connectivity index (χ2v) is 8.65. The monoisotopic (exact) mass is 428 g/mol. The van der Waals surface area contributed by atoms with Gasteiger partial charge in [-0.1, -0.05) is 56.3 Å². The Labute approximate surface area is 189 Å². The first-order valence-corrected chi connectivity index (χ1v) is 11.0. The minimum atomic E-state index is -0.728. The third-order valence-electron chi connectivity index (χ3n) is 6.32. The fraction of sp³-hybridized carbons (Fsp3) is 0.296. The molecule has 5 nitrogen and oxygen atoms in total. The van der Waals surface area contributed by atoms with Crippen molar-refractivity contribution in [1.82, 2.24) is 4.98 Å². The highest BCUT2D eigenvalue weighted by atomic mass is 16.5. The summed E-state index contributed by atoms with van der Waals surface area (Å²) >= 11 is 0. The molecule has 1 fully saturated rings. The first-order chi connectivity index (χ1) is 15.4. The van der Waals surface area contributed by atoms with Crippen LogP contribution in [0.15, 0.2) is 79.0 Å². The Morgan fingerprint density at radius 2 is 1.84 bits per heavy atom. The van der Waals surface area contributed by atoms with Gasteiger partial charge in [-0.05, 0) is 42.8 Å². The van der Waals surface area contributed by atoms with E-state index in [0.29, 0.717) is 13.2 Å². The molecular weight excluding hydrogens is 400 g/mol. The van der Waals surface area contributed by atoms with Gasteiger partial charge in [-0.25, -0.2) is 0 Å². The number of nitrogens with zero attached hydrogens (tertiary/aromatic N) is 2. The molecule has 5 heteroatoms. The average molecular weight is 429 g/mol. The Hall–Kier alpha value is -3.47. The fourth-order valence-electron chi connectivity index (χ4n) is 4.56. The van der Waals surface area contributed by atoms with E-state index in [4.69, 9.17) is 4.74 Å². The number of anilines is 1. The zero-order valence-electron chi connectivity index (χ0n) is 18.7. The minimum Gasteiger partial charge on any atom is -0.466 e. The molecule has 1 aromatic heterocycles. The maximum absolute atomic E-state index is 13.4. The average Bonchev–Trinajstić information content (AvgIpc) is 3.05. The maximum Gasteiger partial charge on any atom is 0.313 e. The molecule has 1 saturated heterocycles. The lowest BCUT2D eigenvalue weighted by molar-refractivity contribution is -0.147. The second-order valence-electron chi connectivity index (χ2n) is 8.65. The number of hydrogen-bond donors (Lipinski definition) is 0. The predicted octanol–water partition coefficient (Wildman–Crippen LogP) is 5.08. The third kappa shape index (κ3) is 4.03. The molecule has 2 aromatic carbocycles. The first-order valence-electron chi connectivity index (χ1n) is 11.0. The van der Waals surface area contributed by atoms with Gasteiger partial charge >= 0.3 is 5.97 Å². The normalized spacial score (nSPS) is 18.4. The molecule has 164 valence electrons. The largest absolute Gasteiger partial charge is 0.466 e. The lowest BCUT2D eigenvalue weighted by Crippen LogP contribution is -2.35. The van der Waals surface area contributed by atoms with Crippen molar-refractivity contribution in [1.29, 1.82) is 0 Å². The van der Waals surface area contributed by atoms with E-state index in [1.54, 1.807) is 18.0 Å². The Morgan fingerprint density at radius 3 is 2.53 bits per heavy atom. The van der Waals surface area contributed by atoms with Gasteiger partial charge in [0.25, 0.3) is 0 Å². The van der Waals surface area contributed by atoms with Crippen molar-refractivity contribution < 1.29 is 14.3 Å². The fourth-order valence-corrected chi connectivity index (χ4v) is 4.56. The number of esters is 1. The van der Waals surface area contributed by atoms with Crippen molar-refractivity contribution in [2.45, 2.75) is 26.7 Å². The van der Waals surface area contributed by atoms with E-state index in [-0.39, 0.29) is 17.8 Å². The van der Waals surface area contributed by atoms with Gasteiger partial charge in [0.05, 0.1) is 18.2 Å². The molecule has 0 aliphatic carbocycles. The molecule has 32 heavy (non-hydrogen) atoms. The Bertz CT molecular complexity index is 1100. The molecular formula is C27H28N2O3. The highest BCUT2D eigenvalue weighted by Gasteiger charge is 2.53. The van der Waals surface area contributed by atoms with Crippen LogP contribution in [0.1, 0.15) is 32.3 Å². The smallest absolute Gasteiger partial charge is 0.313 e. The molecule has 2 unspecified atom stereocenters. The Kier molecular flexibility index (Phi) is 6.08. The zero-order chi connectivity index (χ0) is 22.7. The maximum atomic E-state index is 13.4. The molecule has 0 radical (unpaired) electrons. The van der Waals surface area contributed by atoms with Crippen molar-refractivity contribution in [3.63, 3.8) is 0 Å². The molecule has 0 N–H and O–H groups in total. The van der Waals surface area contributed by atoms with Crippen LogP contribution in [0.2, 0.25) is 0 Å². The standard InChI is InChI=1S/C27H28N2O3/c1-4-32-25(30)24(20-12-10-11-19(17-20)23-15-8-9-16-28-23)22-18-29(26(31)27(22,2)3)21-13-6-5-7-14-21/h5-17,22,24H,4,18H2,1-3H3. The number of para-hydroxylation sites is 1. The van der Waals surface area contributed by atoms with Gasteiger partial charge in [0.2, 0.25) is 5.91 Å². The SMILES string of the molecule is CCOC(=O)C(c1cccc(-c2ccccn2)c1)C1CN(c2ccccc2)C(=O)C1(C)C. The van der Waals surface area contributed by atoms with Crippen molar-refractivity contribution in [2.75, 3.05) is 18.1 Å². The summed E-state index contributed by atoms with van der Waals surface area (Å²) in [5, 5.41) is 0. The Morgan fingerprint density at radius 1 is 1.09 bits per heavy atom. The van der Waals surface area contributed by atoms with Gasteiger partial charge in [0.15, 0.2) is 0 Å². The number of ether oxygens (including phenoxy) is 1. The molecule has 3 aromatic rings. The second kappa shape index (κ2) is 8.95. The molecule has 1 amide bonds. The summed E-state index contributed by atoms with van der Waals surface area (Å²) in [6.45, 7) is 6.40. The first kappa shape index (κ1) is 21.8. The van der Waals surface area contributed by atoms with E-state index in [9.17, 15) is 9.59 Å². The lowest BCUT2D eigenvalue weighted by atomic mass is 9.71. The molecule has 1 aliphatic heterocycles. The van der Waals surface area contributed by atoms with E-state index in [2.05, 4.69) is 4.98 Å². The quantitative estimate of drug-likeness (QED) is 0.514. The predicted molar refractivity (Wildman–Crippen MR) is 125 cm³/mol. The van der Waals surface area contributed by atoms with Gasteiger partial charge in [-0.15, -0.1) is 0 Å². The molecule has 4 rings (SSSR count). The number of carbonyl (C=O) groups excluding carboxylic acids is 2. The van der Waals surface area contributed by atoms with E-state index >= 15 is 0 Å². The number of carbonyl (C=O) groups is 2. The Balaban J connectivity index is 1.76. The van der Waals surface area contributed by atoms with Crippen LogP contribution >= 0.6 is 0 Å². The van der Waals surface area contributed by atoms with Gasteiger partial charge < -0.3 is 9.64 Å². The number of rotatable bonds is 6. The summed E-state index contributed by atoms with van der Waals surface area (Å²) in [5.41, 5.74) is 2.73. The summed E-state index contributed by atoms with van der Waals surface area (Å²) < 4.78 is 5.50. The minimum absolute atomic E-state index is 0.0175. The van der Waals surface area contributed by atoms with Crippen LogP contribution in [0.3, 0.4) is 0 Å². The van der Waals surface area contributed by atoms with Crippen LogP contribution in [-0.2, 0) is 14.3 Å². The van der Waals surface area contributed by atoms with E-state index in [0.717, 1.165) is 22.5 Å². The summed E-state index contributed by atoms with van der Waals surface area (Å²) in [6, 6.07) is 23.2. The number of pyridine rings is 1.